The zero-order valence-electron chi connectivity index (χ0n) is 20.1. The normalized spacial score (nSPS) is 10.6. The first-order valence-corrected chi connectivity index (χ1v) is 11.0. The van der Waals surface area contributed by atoms with Crippen molar-refractivity contribution in [1.29, 1.82) is 0 Å². The Morgan fingerprint density at radius 1 is 0.972 bits per heavy atom. The van der Waals surface area contributed by atoms with Crippen molar-refractivity contribution >= 4 is 29.4 Å². The van der Waals surface area contributed by atoms with Crippen LogP contribution < -0.4 is 9.47 Å². The molecule has 0 saturated carbocycles. The Morgan fingerprint density at radius 3 is 2.33 bits per heavy atom. The van der Waals surface area contributed by atoms with Crippen LogP contribution in [0, 0.1) is 20.2 Å². The fraction of sp³-hybridized carbons (Fsp3) is 0.333. The lowest BCUT2D eigenvalue weighted by molar-refractivity contribution is -0.394. The molecule has 2 rings (SSSR count). The molecule has 0 atom stereocenters. The van der Waals surface area contributed by atoms with Crippen LogP contribution in [0.5, 0.6) is 17.2 Å². The summed E-state index contributed by atoms with van der Waals surface area (Å²) in [6.07, 6.45) is 5.94. The summed E-state index contributed by atoms with van der Waals surface area (Å²) in [7, 11) is 2.56. The minimum atomic E-state index is -0.995. The third kappa shape index (κ3) is 7.52. The minimum Gasteiger partial charge on any atom is -0.493 e. The summed E-state index contributed by atoms with van der Waals surface area (Å²) in [5.74, 6) is -1.99. The van der Waals surface area contributed by atoms with Crippen molar-refractivity contribution < 1.29 is 38.4 Å². The van der Waals surface area contributed by atoms with Gasteiger partial charge in [0.15, 0.2) is 11.5 Å². The van der Waals surface area contributed by atoms with Crippen LogP contribution in [-0.4, -0.2) is 42.6 Å². The summed E-state index contributed by atoms with van der Waals surface area (Å²) in [6, 6.07) is 5.99. The number of hydrogen-bond donors (Lipinski definition) is 0. The molecule has 0 aliphatic rings. The molecule has 0 heterocycles. The highest BCUT2D eigenvalue weighted by molar-refractivity contribution is 5.95. The molecule has 0 amide bonds. The lowest BCUT2D eigenvalue weighted by Crippen LogP contribution is -2.10. The van der Waals surface area contributed by atoms with Gasteiger partial charge >= 0.3 is 17.6 Å². The highest BCUT2D eigenvalue weighted by Gasteiger charge is 2.31. The second kappa shape index (κ2) is 13.4. The lowest BCUT2D eigenvalue weighted by atomic mass is 10.1. The average molecular weight is 502 g/mol. The summed E-state index contributed by atoms with van der Waals surface area (Å²) in [6.45, 7) is 2.06. The minimum absolute atomic E-state index is 0.0123. The van der Waals surface area contributed by atoms with E-state index in [1.54, 1.807) is 0 Å². The molecule has 192 valence electrons. The van der Waals surface area contributed by atoms with Gasteiger partial charge in [-0.25, -0.2) is 9.59 Å². The van der Waals surface area contributed by atoms with Crippen LogP contribution in [0.3, 0.4) is 0 Å². The molecule has 0 fully saturated rings. The Bertz CT molecular complexity index is 1160. The molecule has 0 aliphatic carbocycles. The van der Waals surface area contributed by atoms with Crippen molar-refractivity contribution in [2.75, 3.05) is 20.8 Å². The number of carbonyl (C=O) groups is 2. The standard InChI is InChI=1S/C24H26N2O10/c1-4-5-6-7-12-35-24(28)18-14-17(25(29)30)15-19(26(31)32)23(18)36-20-10-8-16(13-21(20)33-2)9-11-22(27)34-3/h8-11,13-15H,4-7,12H2,1-3H3. The predicted octanol–water partition coefficient (Wildman–Crippen LogP) is 5.23. The maximum absolute atomic E-state index is 12.8. The van der Waals surface area contributed by atoms with Crippen molar-refractivity contribution in [3.8, 4) is 17.2 Å². The van der Waals surface area contributed by atoms with Gasteiger partial charge in [0.25, 0.3) is 5.69 Å². The summed E-state index contributed by atoms with van der Waals surface area (Å²) >= 11 is 0. The third-order valence-electron chi connectivity index (χ3n) is 4.93. The van der Waals surface area contributed by atoms with Gasteiger partial charge in [-0.3, -0.25) is 20.2 Å². The molecule has 0 unspecified atom stereocenters. The molecule has 2 aromatic rings. The number of esters is 2. The largest absolute Gasteiger partial charge is 0.493 e. The predicted molar refractivity (Wildman–Crippen MR) is 128 cm³/mol. The van der Waals surface area contributed by atoms with Crippen LogP contribution in [0.25, 0.3) is 6.08 Å². The summed E-state index contributed by atoms with van der Waals surface area (Å²) < 4.78 is 20.8. The van der Waals surface area contributed by atoms with E-state index in [1.807, 2.05) is 6.92 Å². The molecule has 0 radical (unpaired) electrons. The Morgan fingerprint density at radius 2 is 1.72 bits per heavy atom. The Labute approximate surface area is 206 Å². The lowest BCUT2D eigenvalue weighted by Gasteiger charge is -2.14. The number of nitro groups is 2. The van der Waals surface area contributed by atoms with Crippen molar-refractivity contribution in [1.82, 2.24) is 0 Å². The first-order chi connectivity index (χ1) is 17.2. The fourth-order valence-electron chi connectivity index (χ4n) is 3.08. The number of nitro benzene ring substituents is 2. The SMILES string of the molecule is CCCCCCOC(=O)c1cc([N+](=O)[O-])cc([N+](=O)[O-])c1Oc1ccc(C=CC(=O)OC)cc1OC. The molecule has 0 aliphatic heterocycles. The van der Waals surface area contributed by atoms with Crippen molar-refractivity contribution in [2.24, 2.45) is 0 Å². The molecule has 0 spiro atoms. The van der Waals surface area contributed by atoms with Gasteiger partial charge in [-0.2, -0.15) is 0 Å². The first-order valence-electron chi connectivity index (χ1n) is 11.0. The summed E-state index contributed by atoms with van der Waals surface area (Å²) in [5, 5.41) is 23.1. The average Bonchev–Trinajstić information content (AvgIpc) is 2.87. The highest BCUT2D eigenvalue weighted by atomic mass is 16.6. The van der Waals surface area contributed by atoms with Gasteiger partial charge in [-0.1, -0.05) is 32.3 Å². The van der Waals surface area contributed by atoms with Gasteiger partial charge < -0.3 is 18.9 Å². The van der Waals surface area contributed by atoms with Crippen LogP contribution in [0.2, 0.25) is 0 Å². The van der Waals surface area contributed by atoms with Gasteiger partial charge in [0, 0.05) is 12.1 Å². The third-order valence-corrected chi connectivity index (χ3v) is 4.93. The van der Waals surface area contributed by atoms with Gasteiger partial charge in [0.2, 0.25) is 5.75 Å². The van der Waals surface area contributed by atoms with Crippen LogP contribution in [-0.2, 0) is 14.3 Å². The number of unbranched alkanes of at least 4 members (excludes halogenated alkanes) is 3. The number of carbonyl (C=O) groups excluding carboxylic acids is 2. The molecule has 0 aromatic heterocycles. The fourth-order valence-corrected chi connectivity index (χ4v) is 3.08. The van der Waals surface area contributed by atoms with E-state index < -0.39 is 44.5 Å². The molecule has 12 nitrogen and oxygen atoms in total. The first kappa shape index (κ1) is 27.8. The molecular formula is C24H26N2O10. The van der Waals surface area contributed by atoms with E-state index >= 15 is 0 Å². The van der Waals surface area contributed by atoms with Gasteiger partial charge in [0.1, 0.15) is 5.56 Å². The van der Waals surface area contributed by atoms with Crippen molar-refractivity contribution in [3.63, 3.8) is 0 Å². The second-order valence-corrected chi connectivity index (χ2v) is 7.42. The van der Waals surface area contributed by atoms with E-state index in [1.165, 1.54) is 44.6 Å². The monoisotopic (exact) mass is 502 g/mol. The number of non-ortho nitro benzene ring substituents is 1. The number of nitrogens with zero attached hydrogens (tertiary/aromatic N) is 2. The topological polar surface area (TPSA) is 157 Å². The van der Waals surface area contributed by atoms with E-state index in [9.17, 15) is 29.8 Å². The molecule has 2 aromatic carbocycles. The molecule has 0 bridgehead atoms. The van der Waals surface area contributed by atoms with E-state index in [2.05, 4.69) is 4.74 Å². The van der Waals surface area contributed by atoms with Gasteiger partial charge in [0.05, 0.1) is 36.7 Å². The molecular weight excluding hydrogens is 476 g/mol. The maximum atomic E-state index is 12.8. The van der Waals surface area contributed by atoms with E-state index in [0.29, 0.717) is 18.1 Å². The number of ether oxygens (including phenoxy) is 4. The quantitative estimate of drug-likeness (QED) is 0.117. The van der Waals surface area contributed by atoms with Crippen molar-refractivity contribution in [3.05, 3.63) is 67.8 Å². The zero-order valence-corrected chi connectivity index (χ0v) is 20.1. The van der Waals surface area contributed by atoms with Crippen LogP contribution in [0.4, 0.5) is 11.4 Å². The molecule has 12 heteroatoms. The Kier molecular flexibility index (Phi) is 10.3. The van der Waals surface area contributed by atoms with Crippen LogP contribution in [0.1, 0.15) is 48.5 Å². The van der Waals surface area contributed by atoms with Crippen molar-refractivity contribution in [2.45, 2.75) is 32.6 Å². The maximum Gasteiger partial charge on any atom is 0.342 e. The smallest absolute Gasteiger partial charge is 0.342 e. The number of benzene rings is 2. The van der Waals surface area contributed by atoms with E-state index in [4.69, 9.17) is 14.2 Å². The van der Waals surface area contributed by atoms with E-state index in [0.717, 1.165) is 25.3 Å². The second-order valence-electron chi connectivity index (χ2n) is 7.42. The summed E-state index contributed by atoms with van der Waals surface area (Å²) in [5.41, 5.74) is -1.40. The highest BCUT2D eigenvalue weighted by Crippen LogP contribution is 2.41. The number of hydrogen-bond acceptors (Lipinski definition) is 10. The zero-order chi connectivity index (χ0) is 26.7. The molecule has 36 heavy (non-hydrogen) atoms. The van der Waals surface area contributed by atoms with E-state index in [-0.39, 0.29) is 18.1 Å². The Hall–Kier alpha value is -4.48. The summed E-state index contributed by atoms with van der Waals surface area (Å²) in [4.78, 5) is 45.5. The molecule has 0 N–H and O–H groups in total. The van der Waals surface area contributed by atoms with Gasteiger partial charge in [-0.15, -0.1) is 0 Å². The Balaban J connectivity index is 2.49. The number of methoxy groups -OCH3 is 2. The van der Waals surface area contributed by atoms with Gasteiger partial charge in [-0.05, 0) is 30.2 Å². The van der Waals surface area contributed by atoms with Crippen LogP contribution >= 0.6 is 0 Å². The van der Waals surface area contributed by atoms with Crippen LogP contribution in [0.15, 0.2) is 36.4 Å². The number of rotatable bonds is 13. The molecule has 0 saturated heterocycles.